The van der Waals surface area contributed by atoms with Crippen molar-refractivity contribution in [3.05, 3.63) is 88.9 Å². The number of ether oxygens (including phenoxy) is 1. The molecule has 5 rings (SSSR count). The number of nitrogens with zero attached hydrogens (tertiary/aromatic N) is 3. The molecule has 0 bridgehead atoms. The molecular weight excluding hydrogens is 413 g/mol. The highest BCUT2D eigenvalue weighted by atomic mass is 19.1. The molecule has 0 radical (unpaired) electrons. The Morgan fingerprint density at radius 2 is 1.70 bits per heavy atom. The number of piperidine rings is 1. The van der Waals surface area contributed by atoms with Gasteiger partial charge in [0.1, 0.15) is 5.82 Å². The summed E-state index contributed by atoms with van der Waals surface area (Å²) in [6.45, 7) is 4.45. The van der Waals surface area contributed by atoms with E-state index in [1.165, 1.54) is 40.8 Å². The van der Waals surface area contributed by atoms with Gasteiger partial charge in [0, 0.05) is 50.2 Å². The van der Waals surface area contributed by atoms with Gasteiger partial charge in [0.25, 0.3) is 0 Å². The normalized spacial score (nSPS) is 16.7. The van der Waals surface area contributed by atoms with Crippen LogP contribution in [0.3, 0.4) is 0 Å². The summed E-state index contributed by atoms with van der Waals surface area (Å²) in [5, 5.41) is 0. The van der Waals surface area contributed by atoms with E-state index in [4.69, 9.17) is 4.74 Å². The van der Waals surface area contributed by atoms with Crippen molar-refractivity contribution in [2.45, 2.75) is 38.1 Å². The first-order valence-electron chi connectivity index (χ1n) is 12.0. The standard InChI is InChI=1S/C28H32FN3O/c1-33-28-9-5-23(20-30-28)18-22-2-6-24-11-17-32(27(24)19-22)26-12-15-31(16-13-26)14-10-21-3-7-25(29)8-4-21/h2-9,19-20,26H,10-18H2,1H3. The molecule has 0 spiro atoms. The third-order valence-corrected chi connectivity index (χ3v) is 7.12. The predicted octanol–water partition coefficient (Wildman–Crippen LogP) is 4.89. The minimum absolute atomic E-state index is 0.158. The van der Waals surface area contributed by atoms with Crippen molar-refractivity contribution in [3.8, 4) is 5.88 Å². The van der Waals surface area contributed by atoms with Crippen LogP contribution in [-0.2, 0) is 19.3 Å². The van der Waals surface area contributed by atoms with Crippen molar-refractivity contribution in [2.75, 3.05) is 38.2 Å². The number of aromatic nitrogens is 1. The molecule has 0 unspecified atom stereocenters. The van der Waals surface area contributed by atoms with E-state index in [0.717, 1.165) is 45.4 Å². The second kappa shape index (κ2) is 9.92. The molecule has 0 N–H and O–H groups in total. The largest absolute Gasteiger partial charge is 0.481 e. The molecule has 0 aliphatic carbocycles. The molecule has 3 heterocycles. The highest BCUT2D eigenvalue weighted by Crippen LogP contribution is 2.34. The van der Waals surface area contributed by atoms with Gasteiger partial charge < -0.3 is 14.5 Å². The molecule has 1 saturated heterocycles. The molecule has 0 atom stereocenters. The van der Waals surface area contributed by atoms with E-state index < -0.39 is 0 Å². The molecule has 1 fully saturated rings. The maximum absolute atomic E-state index is 13.1. The number of methoxy groups -OCH3 is 1. The van der Waals surface area contributed by atoms with Crippen LogP contribution in [0.15, 0.2) is 60.8 Å². The number of pyridine rings is 1. The Kier molecular flexibility index (Phi) is 6.58. The van der Waals surface area contributed by atoms with Crippen LogP contribution >= 0.6 is 0 Å². The van der Waals surface area contributed by atoms with Gasteiger partial charge in [0.05, 0.1) is 7.11 Å². The molecule has 33 heavy (non-hydrogen) atoms. The van der Waals surface area contributed by atoms with Crippen molar-refractivity contribution in [2.24, 2.45) is 0 Å². The zero-order valence-electron chi connectivity index (χ0n) is 19.3. The number of rotatable bonds is 7. The zero-order chi connectivity index (χ0) is 22.6. The van der Waals surface area contributed by atoms with Crippen molar-refractivity contribution >= 4 is 5.69 Å². The molecule has 172 valence electrons. The van der Waals surface area contributed by atoms with Crippen molar-refractivity contribution in [3.63, 3.8) is 0 Å². The second-order valence-corrected chi connectivity index (χ2v) is 9.24. The fourth-order valence-electron chi connectivity index (χ4n) is 5.20. The highest BCUT2D eigenvalue weighted by molar-refractivity contribution is 5.60. The molecule has 4 nitrogen and oxygen atoms in total. The van der Waals surface area contributed by atoms with Gasteiger partial charge in [-0.25, -0.2) is 9.37 Å². The van der Waals surface area contributed by atoms with Crippen LogP contribution in [0.5, 0.6) is 5.88 Å². The van der Waals surface area contributed by atoms with E-state index in [-0.39, 0.29) is 5.82 Å². The average Bonchev–Trinajstić information content (AvgIpc) is 3.28. The average molecular weight is 446 g/mol. The van der Waals surface area contributed by atoms with E-state index in [1.54, 1.807) is 19.2 Å². The number of anilines is 1. The Hall–Kier alpha value is -2.92. The summed E-state index contributed by atoms with van der Waals surface area (Å²) in [5.74, 6) is 0.497. The smallest absolute Gasteiger partial charge is 0.212 e. The maximum Gasteiger partial charge on any atom is 0.212 e. The van der Waals surface area contributed by atoms with Crippen LogP contribution < -0.4 is 9.64 Å². The minimum Gasteiger partial charge on any atom is -0.481 e. The molecular formula is C28H32FN3O. The quantitative estimate of drug-likeness (QED) is 0.518. The fourth-order valence-corrected chi connectivity index (χ4v) is 5.20. The van der Waals surface area contributed by atoms with Crippen LogP contribution in [0, 0.1) is 5.82 Å². The van der Waals surface area contributed by atoms with Gasteiger partial charge >= 0.3 is 0 Å². The number of halogens is 1. The molecule has 3 aromatic rings. The summed E-state index contributed by atoms with van der Waals surface area (Å²) in [6.07, 6.45) is 7.34. The van der Waals surface area contributed by atoms with E-state index in [2.05, 4.69) is 39.0 Å². The SMILES string of the molecule is COc1ccc(Cc2ccc3c(c2)N(C2CCN(CCc4ccc(F)cc4)CC2)CC3)cn1. The summed E-state index contributed by atoms with van der Waals surface area (Å²) < 4.78 is 18.3. The fraction of sp³-hybridized carbons (Fsp3) is 0.393. The molecule has 2 aliphatic heterocycles. The number of hydrogen-bond donors (Lipinski definition) is 0. The van der Waals surface area contributed by atoms with E-state index in [1.807, 2.05) is 24.4 Å². The van der Waals surface area contributed by atoms with E-state index in [0.29, 0.717) is 11.9 Å². The first-order chi connectivity index (χ1) is 16.2. The number of fused-ring (bicyclic) bond motifs is 1. The number of benzene rings is 2. The Morgan fingerprint density at radius 1 is 0.939 bits per heavy atom. The van der Waals surface area contributed by atoms with Gasteiger partial charge in [-0.15, -0.1) is 0 Å². The topological polar surface area (TPSA) is 28.6 Å². The third kappa shape index (κ3) is 5.19. The van der Waals surface area contributed by atoms with Gasteiger partial charge in [-0.05, 0) is 72.6 Å². The van der Waals surface area contributed by atoms with E-state index in [9.17, 15) is 4.39 Å². The maximum atomic E-state index is 13.1. The lowest BCUT2D eigenvalue weighted by atomic mass is 10.0. The van der Waals surface area contributed by atoms with Crippen molar-refractivity contribution in [1.82, 2.24) is 9.88 Å². The summed E-state index contributed by atoms with van der Waals surface area (Å²) in [6, 6.07) is 18.6. The van der Waals surface area contributed by atoms with Crippen molar-refractivity contribution < 1.29 is 9.13 Å². The van der Waals surface area contributed by atoms with Gasteiger partial charge in [-0.2, -0.15) is 0 Å². The van der Waals surface area contributed by atoms with Crippen LogP contribution in [0.1, 0.15) is 35.1 Å². The summed E-state index contributed by atoms with van der Waals surface area (Å²) in [4.78, 5) is 9.56. The Morgan fingerprint density at radius 3 is 2.42 bits per heavy atom. The molecule has 2 aliphatic rings. The van der Waals surface area contributed by atoms with Crippen LogP contribution in [0.4, 0.5) is 10.1 Å². The molecule has 2 aromatic carbocycles. The molecule has 0 amide bonds. The lowest BCUT2D eigenvalue weighted by Gasteiger charge is -2.38. The summed E-state index contributed by atoms with van der Waals surface area (Å²) in [7, 11) is 1.65. The lowest BCUT2D eigenvalue weighted by molar-refractivity contribution is 0.212. The zero-order valence-corrected chi connectivity index (χ0v) is 19.3. The highest BCUT2D eigenvalue weighted by Gasteiger charge is 2.29. The minimum atomic E-state index is -0.158. The molecule has 0 saturated carbocycles. The third-order valence-electron chi connectivity index (χ3n) is 7.12. The number of hydrogen-bond acceptors (Lipinski definition) is 4. The van der Waals surface area contributed by atoms with Gasteiger partial charge in [0.2, 0.25) is 5.88 Å². The van der Waals surface area contributed by atoms with Gasteiger partial charge in [0.15, 0.2) is 0 Å². The molecule has 1 aromatic heterocycles. The Balaban J connectivity index is 1.18. The van der Waals surface area contributed by atoms with Crippen LogP contribution in [0.25, 0.3) is 0 Å². The second-order valence-electron chi connectivity index (χ2n) is 9.24. The lowest BCUT2D eigenvalue weighted by Crippen LogP contribution is -2.45. The first kappa shape index (κ1) is 21.9. The van der Waals surface area contributed by atoms with E-state index >= 15 is 0 Å². The van der Waals surface area contributed by atoms with Crippen molar-refractivity contribution in [1.29, 1.82) is 0 Å². The number of likely N-dealkylation sites (tertiary alicyclic amines) is 1. The first-order valence-corrected chi connectivity index (χ1v) is 12.0. The van der Waals surface area contributed by atoms with Crippen LogP contribution in [0.2, 0.25) is 0 Å². The van der Waals surface area contributed by atoms with Gasteiger partial charge in [-0.1, -0.05) is 30.3 Å². The predicted molar refractivity (Wildman–Crippen MR) is 131 cm³/mol. The monoisotopic (exact) mass is 445 g/mol. The Labute approximate surface area is 196 Å². The summed E-state index contributed by atoms with van der Waals surface area (Å²) in [5.41, 5.74) is 6.66. The Bertz CT molecular complexity index is 1060. The summed E-state index contributed by atoms with van der Waals surface area (Å²) >= 11 is 0. The van der Waals surface area contributed by atoms with Gasteiger partial charge in [-0.3, -0.25) is 0 Å². The molecule has 5 heteroatoms. The van der Waals surface area contributed by atoms with Crippen LogP contribution in [-0.4, -0.2) is 49.2 Å².